The number of nitrogens with one attached hydrogen (secondary N) is 1. The van der Waals surface area contributed by atoms with Crippen molar-refractivity contribution in [2.24, 2.45) is 0 Å². The maximum absolute atomic E-state index is 13.4. The molecule has 4 rings (SSSR count). The van der Waals surface area contributed by atoms with Crippen molar-refractivity contribution < 1.29 is 14.6 Å². The Kier molecular flexibility index (Phi) is 6.48. The Morgan fingerprint density at radius 2 is 1.79 bits per heavy atom. The third-order valence-corrected chi connectivity index (χ3v) is 5.37. The molecule has 8 nitrogen and oxygen atoms in total. The summed E-state index contributed by atoms with van der Waals surface area (Å²) in [5.41, 5.74) is 0.822. The Balaban J connectivity index is 1.81. The van der Waals surface area contributed by atoms with Crippen LogP contribution in [0.1, 0.15) is 15.9 Å². The molecule has 1 aromatic heterocycles. The normalized spacial score (nSPS) is 11.0. The smallest absolute Gasteiger partial charge is 0.333 e. The molecule has 0 saturated carbocycles. The number of benzene rings is 3. The summed E-state index contributed by atoms with van der Waals surface area (Å²) in [7, 11) is 1.56. The van der Waals surface area contributed by atoms with Crippen LogP contribution in [-0.4, -0.2) is 40.8 Å². The average molecular weight is 445 g/mol. The number of nitrogens with zero attached hydrogens (tertiary/aromatic N) is 2. The monoisotopic (exact) mass is 445 g/mol. The van der Waals surface area contributed by atoms with Crippen molar-refractivity contribution in [2.75, 3.05) is 25.2 Å². The summed E-state index contributed by atoms with van der Waals surface area (Å²) in [5, 5.41) is 9.87. The van der Waals surface area contributed by atoms with Crippen LogP contribution in [0.4, 0.5) is 5.69 Å². The van der Waals surface area contributed by atoms with Gasteiger partial charge >= 0.3 is 5.69 Å². The highest BCUT2D eigenvalue weighted by Gasteiger charge is 2.19. The van der Waals surface area contributed by atoms with Crippen LogP contribution in [0.3, 0.4) is 0 Å². The molecule has 0 aliphatic heterocycles. The van der Waals surface area contributed by atoms with Gasteiger partial charge in [0, 0.05) is 24.9 Å². The lowest BCUT2D eigenvalue weighted by molar-refractivity contribution is 0.0976. The van der Waals surface area contributed by atoms with E-state index in [1.165, 1.54) is 6.07 Å². The van der Waals surface area contributed by atoms with E-state index in [0.29, 0.717) is 35.5 Å². The molecule has 0 saturated heterocycles. The number of carbonyl (C=O) groups is 1. The molecule has 2 N–H and O–H groups in total. The quantitative estimate of drug-likeness (QED) is 0.455. The van der Waals surface area contributed by atoms with Crippen molar-refractivity contribution in [1.82, 2.24) is 9.55 Å². The van der Waals surface area contributed by atoms with Gasteiger partial charge in [-0.1, -0.05) is 36.4 Å². The number of hydrogen-bond donors (Lipinski definition) is 2. The Morgan fingerprint density at radius 3 is 2.52 bits per heavy atom. The van der Waals surface area contributed by atoms with E-state index in [1.54, 1.807) is 48.4 Å². The number of para-hydroxylation sites is 1. The molecule has 168 valence electrons. The third-order valence-electron chi connectivity index (χ3n) is 5.37. The van der Waals surface area contributed by atoms with Crippen LogP contribution in [0.15, 0.2) is 82.4 Å². The highest BCUT2D eigenvalue weighted by Crippen LogP contribution is 2.19. The van der Waals surface area contributed by atoms with Crippen molar-refractivity contribution >= 4 is 22.5 Å². The Bertz CT molecular complexity index is 1410. The molecule has 1 heterocycles. The summed E-state index contributed by atoms with van der Waals surface area (Å²) in [4.78, 5) is 43.6. The third kappa shape index (κ3) is 4.34. The maximum Gasteiger partial charge on any atom is 0.333 e. The summed E-state index contributed by atoms with van der Waals surface area (Å²) in [6.07, 6.45) is 0. The number of carbonyl (C=O) groups excluding carboxylic acids is 1. The number of aliphatic hydroxyl groups is 1. The SMILES string of the molecule is COCCN(C(=O)c1cccc(-n2c(=O)[nH]c3cccc(CO)c3c2=O)c1)c1ccccc1. The molecular formula is C25H23N3O5. The number of methoxy groups -OCH3 is 1. The topological polar surface area (TPSA) is 105 Å². The summed E-state index contributed by atoms with van der Waals surface area (Å²) in [6.45, 7) is 0.330. The van der Waals surface area contributed by atoms with Gasteiger partial charge in [0.1, 0.15) is 0 Å². The number of hydrogen-bond acceptors (Lipinski definition) is 5. The lowest BCUT2D eigenvalue weighted by Gasteiger charge is -2.23. The standard InChI is InChI=1S/C25H23N3O5/c1-33-14-13-27(19-9-3-2-4-10-19)23(30)17-7-5-11-20(15-17)28-24(31)22-18(16-29)8-6-12-21(22)26-25(28)32/h2-12,15,29H,13-14,16H2,1H3,(H,26,32). The van der Waals surface area contributed by atoms with E-state index in [-0.39, 0.29) is 23.6 Å². The second kappa shape index (κ2) is 9.64. The summed E-state index contributed by atoms with van der Waals surface area (Å²) < 4.78 is 6.13. The number of amides is 1. The lowest BCUT2D eigenvalue weighted by atomic mass is 10.1. The molecule has 3 aromatic carbocycles. The minimum atomic E-state index is -0.633. The molecule has 0 unspecified atom stereocenters. The van der Waals surface area contributed by atoms with E-state index in [4.69, 9.17) is 4.74 Å². The number of ether oxygens (including phenoxy) is 1. The first kappa shape index (κ1) is 22.2. The second-order valence-corrected chi connectivity index (χ2v) is 7.40. The van der Waals surface area contributed by atoms with Crippen LogP contribution in [0.2, 0.25) is 0 Å². The van der Waals surface area contributed by atoms with Gasteiger partial charge in [0.25, 0.3) is 11.5 Å². The van der Waals surface area contributed by atoms with Crippen LogP contribution >= 0.6 is 0 Å². The number of aliphatic hydroxyl groups excluding tert-OH is 1. The fourth-order valence-corrected chi connectivity index (χ4v) is 3.77. The van der Waals surface area contributed by atoms with Crippen LogP contribution in [0, 0.1) is 0 Å². The average Bonchev–Trinajstić information content (AvgIpc) is 2.84. The molecule has 0 aliphatic carbocycles. The van der Waals surface area contributed by atoms with Crippen LogP contribution in [0.25, 0.3) is 16.6 Å². The van der Waals surface area contributed by atoms with Crippen LogP contribution in [-0.2, 0) is 11.3 Å². The number of H-pyrrole nitrogens is 1. The Hall–Kier alpha value is -4.01. The van der Waals surface area contributed by atoms with Gasteiger partial charge in [-0.05, 0) is 42.0 Å². The minimum absolute atomic E-state index is 0.224. The molecule has 4 aromatic rings. The van der Waals surface area contributed by atoms with Gasteiger partial charge in [0.15, 0.2) is 0 Å². The van der Waals surface area contributed by atoms with Crippen LogP contribution < -0.4 is 16.1 Å². The molecular weight excluding hydrogens is 422 g/mol. The lowest BCUT2D eigenvalue weighted by Crippen LogP contribution is -2.35. The predicted molar refractivity (Wildman–Crippen MR) is 126 cm³/mol. The van der Waals surface area contributed by atoms with E-state index in [9.17, 15) is 19.5 Å². The van der Waals surface area contributed by atoms with Gasteiger partial charge in [-0.15, -0.1) is 0 Å². The van der Waals surface area contributed by atoms with Gasteiger partial charge in [-0.25, -0.2) is 9.36 Å². The fraction of sp³-hybridized carbons (Fsp3) is 0.160. The maximum atomic E-state index is 13.4. The number of fused-ring (bicyclic) bond motifs is 1. The fourth-order valence-electron chi connectivity index (χ4n) is 3.77. The first-order valence-electron chi connectivity index (χ1n) is 10.4. The Labute approximate surface area is 189 Å². The molecule has 1 amide bonds. The summed E-state index contributed by atoms with van der Waals surface area (Å²) >= 11 is 0. The van der Waals surface area contributed by atoms with Crippen LogP contribution in [0.5, 0.6) is 0 Å². The predicted octanol–water partition coefficient (Wildman–Crippen LogP) is 2.46. The molecule has 8 heteroatoms. The molecule has 0 aliphatic rings. The highest BCUT2D eigenvalue weighted by molar-refractivity contribution is 6.06. The van der Waals surface area contributed by atoms with E-state index >= 15 is 0 Å². The van der Waals surface area contributed by atoms with Gasteiger partial charge in [0.2, 0.25) is 0 Å². The van der Waals surface area contributed by atoms with E-state index in [0.717, 1.165) is 4.57 Å². The number of anilines is 1. The first-order valence-corrected chi connectivity index (χ1v) is 10.4. The molecule has 0 fully saturated rings. The van der Waals surface area contributed by atoms with Gasteiger partial charge in [-0.3, -0.25) is 9.59 Å². The molecule has 0 atom stereocenters. The van der Waals surface area contributed by atoms with Crippen molar-refractivity contribution in [2.45, 2.75) is 6.61 Å². The van der Waals surface area contributed by atoms with Gasteiger partial charge in [-0.2, -0.15) is 0 Å². The largest absolute Gasteiger partial charge is 0.392 e. The summed E-state index contributed by atoms with van der Waals surface area (Å²) in [5.74, 6) is -0.290. The van der Waals surface area contributed by atoms with Gasteiger partial charge in [0.05, 0.1) is 29.8 Å². The number of rotatable bonds is 7. The van der Waals surface area contributed by atoms with Crippen molar-refractivity contribution in [3.05, 3.63) is 105 Å². The summed E-state index contributed by atoms with van der Waals surface area (Å²) in [6, 6.07) is 20.4. The molecule has 0 bridgehead atoms. The van der Waals surface area contributed by atoms with E-state index < -0.39 is 11.2 Å². The molecule has 0 radical (unpaired) electrons. The second-order valence-electron chi connectivity index (χ2n) is 7.40. The number of aromatic amines is 1. The van der Waals surface area contributed by atoms with Gasteiger partial charge < -0.3 is 19.7 Å². The number of aromatic nitrogens is 2. The van der Waals surface area contributed by atoms with Crippen molar-refractivity contribution in [1.29, 1.82) is 0 Å². The van der Waals surface area contributed by atoms with Crippen molar-refractivity contribution in [3.8, 4) is 5.69 Å². The minimum Gasteiger partial charge on any atom is -0.392 e. The zero-order valence-corrected chi connectivity index (χ0v) is 18.0. The Morgan fingerprint density at radius 1 is 1.03 bits per heavy atom. The van der Waals surface area contributed by atoms with E-state index in [2.05, 4.69) is 4.98 Å². The highest BCUT2D eigenvalue weighted by atomic mass is 16.5. The van der Waals surface area contributed by atoms with E-state index in [1.807, 2.05) is 30.3 Å². The zero-order chi connectivity index (χ0) is 23.4. The zero-order valence-electron chi connectivity index (χ0n) is 18.0. The molecule has 0 spiro atoms. The first-order chi connectivity index (χ1) is 16.0. The molecule has 33 heavy (non-hydrogen) atoms. The van der Waals surface area contributed by atoms with Crippen molar-refractivity contribution in [3.63, 3.8) is 0 Å².